The molecule has 1 aromatic carbocycles. The van der Waals surface area contributed by atoms with Crippen LogP contribution in [0.3, 0.4) is 0 Å². The second-order valence-electron chi connectivity index (χ2n) is 4.67. The van der Waals surface area contributed by atoms with Gasteiger partial charge in [-0.15, -0.1) is 0 Å². The highest BCUT2D eigenvalue weighted by atomic mass is 16.5. The lowest BCUT2D eigenvalue weighted by atomic mass is 10.1. The molecular formula is C16H16N2O3. The maximum atomic E-state index is 11.3. The fourth-order valence-corrected chi connectivity index (χ4v) is 2.27. The molecule has 2 aromatic heterocycles. The molecule has 0 saturated heterocycles. The first kappa shape index (κ1) is 13.4. The van der Waals surface area contributed by atoms with E-state index in [0.29, 0.717) is 24.7 Å². The first-order valence-electron chi connectivity index (χ1n) is 6.94. The van der Waals surface area contributed by atoms with Crippen LogP contribution in [0, 0.1) is 0 Å². The first-order valence-corrected chi connectivity index (χ1v) is 6.94. The van der Waals surface area contributed by atoms with Crippen molar-refractivity contribution in [1.29, 1.82) is 0 Å². The van der Waals surface area contributed by atoms with Crippen molar-refractivity contribution in [2.75, 3.05) is 6.61 Å². The number of nitrogens with one attached hydrogen (secondary N) is 1. The third kappa shape index (κ3) is 2.81. The van der Waals surface area contributed by atoms with Gasteiger partial charge in [0.05, 0.1) is 19.2 Å². The molecule has 108 valence electrons. The zero-order valence-corrected chi connectivity index (χ0v) is 11.8. The number of carbonyl (C=O) groups is 1. The molecule has 0 amide bonds. The van der Waals surface area contributed by atoms with Crippen molar-refractivity contribution in [3.05, 3.63) is 42.5 Å². The Bertz CT molecular complexity index is 758. The summed E-state index contributed by atoms with van der Waals surface area (Å²) in [6.07, 6.45) is 4.32. The molecule has 2 heterocycles. The van der Waals surface area contributed by atoms with E-state index >= 15 is 0 Å². The predicted octanol–water partition coefficient (Wildman–Crippen LogP) is 3.32. The van der Waals surface area contributed by atoms with E-state index in [-0.39, 0.29) is 12.4 Å². The van der Waals surface area contributed by atoms with Crippen molar-refractivity contribution in [3.8, 4) is 11.3 Å². The zero-order valence-electron chi connectivity index (χ0n) is 11.8. The van der Waals surface area contributed by atoms with E-state index in [9.17, 15) is 4.79 Å². The molecule has 5 nitrogen and oxygen atoms in total. The summed E-state index contributed by atoms with van der Waals surface area (Å²) in [5.74, 6) is 1.01. The van der Waals surface area contributed by atoms with Crippen molar-refractivity contribution >= 4 is 16.9 Å². The van der Waals surface area contributed by atoms with E-state index in [0.717, 1.165) is 16.5 Å². The van der Waals surface area contributed by atoms with E-state index in [1.807, 2.05) is 30.5 Å². The average molecular weight is 284 g/mol. The SMILES string of the molecule is CCOC(=O)CCc1ncc(-c2c[nH]c3ccccc23)o1. The Balaban J connectivity index is 1.77. The van der Waals surface area contributed by atoms with Gasteiger partial charge < -0.3 is 14.1 Å². The van der Waals surface area contributed by atoms with Crippen LogP contribution in [0.2, 0.25) is 0 Å². The minimum atomic E-state index is -0.232. The molecule has 0 aliphatic rings. The van der Waals surface area contributed by atoms with Crippen LogP contribution in [0.1, 0.15) is 19.2 Å². The number of hydrogen-bond acceptors (Lipinski definition) is 4. The Morgan fingerprint density at radius 2 is 2.24 bits per heavy atom. The van der Waals surface area contributed by atoms with Gasteiger partial charge in [0.25, 0.3) is 0 Å². The van der Waals surface area contributed by atoms with Gasteiger partial charge in [-0.25, -0.2) is 4.98 Å². The first-order chi connectivity index (χ1) is 10.3. The molecule has 0 saturated carbocycles. The van der Waals surface area contributed by atoms with Crippen LogP contribution < -0.4 is 0 Å². The molecule has 0 radical (unpaired) electrons. The summed E-state index contributed by atoms with van der Waals surface area (Å²) in [7, 11) is 0. The number of para-hydroxylation sites is 1. The topological polar surface area (TPSA) is 68.1 Å². The van der Waals surface area contributed by atoms with Crippen molar-refractivity contribution < 1.29 is 13.9 Å². The van der Waals surface area contributed by atoms with Crippen molar-refractivity contribution in [2.45, 2.75) is 19.8 Å². The summed E-state index contributed by atoms with van der Waals surface area (Å²) < 4.78 is 10.6. The maximum Gasteiger partial charge on any atom is 0.306 e. The largest absolute Gasteiger partial charge is 0.466 e. The summed E-state index contributed by atoms with van der Waals surface area (Å²) in [5, 5.41) is 1.09. The highest BCUT2D eigenvalue weighted by Crippen LogP contribution is 2.29. The van der Waals surface area contributed by atoms with Crippen LogP contribution in [0.15, 0.2) is 41.1 Å². The van der Waals surface area contributed by atoms with Gasteiger partial charge in [-0.05, 0) is 13.0 Å². The molecular weight excluding hydrogens is 268 g/mol. The Hall–Kier alpha value is -2.56. The predicted molar refractivity (Wildman–Crippen MR) is 78.7 cm³/mol. The number of H-pyrrole nitrogens is 1. The third-order valence-electron chi connectivity index (χ3n) is 3.26. The van der Waals surface area contributed by atoms with E-state index in [1.165, 1.54) is 0 Å². The van der Waals surface area contributed by atoms with Crippen molar-refractivity contribution in [2.24, 2.45) is 0 Å². The van der Waals surface area contributed by atoms with Crippen molar-refractivity contribution in [3.63, 3.8) is 0 Å². The van der Waals surface area contributed by atoms with Gasteiger partial charge >= 0.3 is 5.97 Å². The molecule has 5 heteroatoms. The summed E-state index contributed by atoms with van der Waals surface area (Å²) in [6, 6.07) is 8.00. The molecule has 0 atom stereocenters. The van der Waals surface area contributed by atoms with Crippen LogP contribution in [0.25, 0.3) is 22.2 Å². The lowest BCUT2D eigenvalue weighted by Gasteiger charge is -1.98. The van der Waals surface area contributed by atoms with Crippen LogP contribution in [0.5, 0.6) is 0 Å². The molecule has 0 aliphatic heterocycles. The quantitative estimate of drug-likeness (QED) is 0.730. The number of esters is 1. The Kier molecular flexibility index (Phi) is 3.73. The van der Waals surface area contributed by atoms with Gasteiger partial charge in [0.2, 0.25) is 0 Å². The number of ether oxygens (including phenoxy) is 1. The smallest absolute Gasteiger partial charge is 0.306 e. The Morgan fingerprint density at radius 1 is 1.38 bits per heavy atom. The number of oxazole rings is 1. The van der Waals surface area contributed by atoms with E-state index in [4.69, 9.17) is 9.15 Å². The lowest BCUT2D eigenvalue weighted by Crippen LogP contribution is -2.05. The lowest BCUT2D eigenvalue weighted by molar-refractivity contribution is -0.143. The summed E-state index contributed by atoms with van der Waals surface area (Å²) >= 11 is 0. The van der Waals surface area contributed by atoms with E-state index in [1.54, 1.807) is 13.1 Å². The van der Waals surface area contributed by atoms with Crippen LogP contribution >= 0.6 is 0 Å². The molecule has 0 spiro atoms. The molecule has 3 aromatic rings. The zero-order chi connectivity index (χ0) is 14.7. The average Bonchev–Trinajstić information content (AvgIpc) is 3.12. The van der Waals surface area contributed by atoms with Crippen LogP contribution in [-0.2, 0) is 16.0 Å². The number of nitrogens with zero attached hydrogens (tertiary/aromatic N) is 1. The number of hydrogen-bond donors (Lipinski definition) is 1. The van der Waals surface area contributed by atoms with Gasteiger partial charge in [0.15, 0.2) is 11.7 Å². The Morgan fingerprint density at radius 3 is 3.10 bits per heavy atom. The summed E-state index contributed by atoms with van der Waals surface area (Å²) in [6.45, 7) is 2.18. The fourth-order valence-electron chi connectivity index (χ4n) is 2.27. The van der Waals surface area contributed by atoms with Gasteiger partial charge in [0, 0.05) is 29.1 Å². The third-order valence-corrected chi connectivity index (χ3v) is 3.26. The fraction of sp³-hybridized carbons (Fsp3) is 0.250. The van der Waals surface area contributed by atoms with E-state index < -0.39 is 0 Å². The molecule has 0 fully saturated rings. The second kappa shape index (κ2) is 5.83. The highest BCUT2D eigenvalue weighted by Gasteiger charge is 2.12. The van der Waals surface area contributed by atoms with E-state index in [2.05, 4.69) is 9.97 Å². The second-order valence-corrected chi connectivity index (χ2v) is 4.67. The van der Waals surface area contributed by atoms with Gasteiger partial charge in [-0.1, -0.05) is 18.2 Å². The summed E-state index contributed by atoms with van der Waals surface area (Å²) in [5.41, 5.74) is 2.03. The number of aromatic amines is 1. The normalized spacial score (nSPS) is 10.9. The van der Waals surface area contributed by atoms with Crippen molar-refractivity contribution in [1.82, 2.24) is 9.97 Å². The molecule has 0 aliphatic carbocycles. The molecule has 0 bridgehead atoms. The highest BCUT2D eigenvalue weighted by molar-refractivity contribution is 5.93. The maximum absolute atomic E-state index is 11.3. The molecule has 0 unspecified atom stereocenters. The molecule has 1 N–H and O–H groups in total. The number of aryl methyl sites for hydroxylation is 1. The molecule has 21 heavy (non-hydrogen) atoms. The van der Waals surface area contributed by atoms with Crippen LogP contribution in [0.4, 0.5) is 0 Å². The number of aromatic nitrogens is 2. The number of benzene rings is 1. The minimum Gasteiger partial charge on any atom is -0.466 e. The van der Waals surface area contributed by atoms with Crippen LogP contribution in [-0.4, -0.2) is 22.5 Å². The number of fused-ring (bicyclic) bond motifs is 1. The van der Waals surface area contributed by atoms with Gasteiger partial charge in [-0.2, -0.15) is 0 Å². The standard InChI is InChI=1S/C16H16N2O3/c1-2-20-16(19)8-7-15-18-10-14(21-15)12-9-17-13-6-4-3-5-11(12)13/h3-6,9-10,17H,2,7-8H2,1H3. The van der Waals surface area contributed by atoms with Gasteiger partial charge in [-0.3, -0.25) is 4.79 Å². The molecule has 3 rings (SSSR count). The Labute approximate surface area is 121 Å². The minimum absolute atomic E-state index is 0.232. The number of rotatable bonds is 5. The number of carbonyl (C=O) groups excluding carboxylic acids is 1. The monoisotopic (exact) mass is 284 g/mol. The summed E-state index contributed by atoms with van der Waals surface area (Å²) in [4.78, 5) is 18.8. The van der Waals surface area contributed by atoms with Gasteiger partial charge in [0.1, 0.15) is 0 Å².